The molecule has 1 aromatic heterocycles. The molecule has 0 bridgehead atoms. The van der Waals surface area contributed by atoms with Crippen molar-refractivity contribution in [2.45, 2.75) is 52.6 Å². The molecule has 2 atom stereocenters. The predicted molar refractivity (Wildman–Crippen MR) is 123 cm³/mol. The number of rotatable bonds is 6. The summed E-state index contributed by atoms with van der Waals surface area (Å²) in [7, 11) is 0. The summed E-state index contributed by atoms with van der Waals surface area (Å²) >= 11 is 1.40. The Kier molecular flexibility index (Phi) is 8.11. The van der Waals surface area contributed by atoms with Crippen molar-refractivity contribution < 1.29 is 14.4 Å². The zero-order valence-electron chi connectivity index (χ0n) is 19.2. The SMILES string of the molecule is CC(C)CN(C(=O)C(C)C)C1CC(C(=O)N2CCCNCC2)N(C(=O)c2cccs2)C1. The fraction of sp³-hybridized carbons (Fsp3) is 0.696. The molecule has 0 aromatic carbocycles. The van der Waals surface area contributed by atoms with Crippen LogP contribution in [0.25, 0.3) is 0 Å². The third-order valence-corrected chi connectivity index (χ3v) is 6.85. The highest BCUT2D eigenvalue weighted by Gasteiger charge is 2.45. The van der Waals surface area contributed by atoms with E-state index in [0.29, 0.717) is 43.4 Å². The van der Waals surface area contributed by atoms with Gasteiger partial charge in [-0.2, -0.15) is 0 Å². The molecule has 0 saturated carbocycles. The second-order valence-corrected chi connectivity index (χ2v) is 10.3. The lowest BCUT2D eigenvalue weighted by Gasteiger charge is -2.32. The van der Waals surface area contributed by atoms with Gasteiger partial charge in [-0.1, -0.05) is 33.8 Å². The van der Waals surface area contributed by atoms with Crippen molar-refractivity contribution in [2.24, 2.45) is 11.8 Å². The third kappa shape index (κ3) is 5.66. The fourth-order valence-electron chi connectivity index (χ4n) is 4.46. The minimum absolute atomic E-state index is 0.0117. The molecule has 0 aliphatic carbocycles. The molecule has 1 N–H and O–H groups in total. The largest absolute Gasteiger partial charge is 0.340 e. The molecule has 31 heavy (non-hydrogen) atoms. The second kappa shape index (κ2) is 10.6. The smallest absolute Gasteiger partial charge is 0.264 e. The molecule has 2 aliphatic rings. The Morgan fingerprint density at radius 1 is 1.19 bits per heavy atom. The average molecular weight is 449 g/mol. The van der Waals surface area contributed by atoms with Gasteiger partial charge in [-0.15, -0.1) is 11.3 Å². The summed E-state index contributed by atoms with van der Waals surface area (Å²) < 4.78 is 0. The molecule has 3 rings (SSSR count). The molecule has 2 saturated heterocycles. The van der Waals surface area contributed by atoms with Crippen molar-refractivity contribution in [1.82, 2.24) is 20.0 Å². The summed E-state index contributed by atoms with van der Waals surface area (Å²) in [5.74, 6) is 0.194. The van der Waals surface area contributed by atoms with Gasteiger partial charge in [0, 0.05) is 38.6 Å². The summed E-state index contributed by atoms with van der Waals surface area (Å²) in [5, 5.41) is 5.21. The Morgan fingerprint density at radius 2 is 1.97 bits per heavy atom. The Balaban J connectivity index is 1.87. The summed E-state index contributed by atoms with van der Waals surface area (Å²) in [4.78, 5) is 46.0. The fourth-order valence-corrected chi connectivity index (χ4v) is 5.14. The zero-order chi connectivity index (χ0) is 22.5. The third-order valence-electron chi connectivity index (χ3n) is 5.99. The topological polar surface area (TPSA) is 73.0 Å². The molecular weight excluding hydrogens is 412 g/mol. The van der Waals surface area contributed by atoms with E-state index in [0.717, 1.165) is 19.5 Å². The average Bonchev–Trinajstić information content (AvgIpc) is 3.35. The van der Waals surface area contributed by atoms with Crippen LogP contribution < -0.4 is 5.32 Å². The number of carbonyl (C=O) groups is 3. The van der Waals surface area contributed by atoms with Gasteiger partial charge in [-0.25, -0.2) is 0 Å². The predicted octanol–water partition coefficient (Wildman–Crippen LogP) is 2.29. The monoisotopic (exact) mass is 448 g/mol. The summed E-state index contributed by atoms with van der Waals surface area (Å²) in [6, 6.07) is 3.01. The van der Waals surface area contributed by atoms with E-state index < -0.39 is 6.04 Å². The van der Waals surface area contributed by atoms with E-state index in [1.54, 1.807) is 4.90 Å². The van der Waals surface area contributed by atoms with Crippen molar-refractivity contribution in [3.63, 3.8) is 0 Å². The quantitative estimate of drug-likeness (QED) is 0.725. The van der Waals surface area contributed by atoms with Crippen LogP contribution in [0.2, 0.25) is 0 Å². The van der Waals surface area contributed by atoms with Crippen molar-refractivity contribution >= 4 is 29.1 Å². The molecule has 8 heteroatoms. The molecule has 1 aromatic rings. The van der Waals surface area contributed by atoms with Gasteiger partial charge in [0.05, 0.1) is 10.9 Å². The van der Waals surface area contributed by atoms with Gasteiger partial charge in [0.1, 0.15) is 6.04 Å². The first kappa shape index (κ1) is 23.7. The van der Waals surface area contributed by atoms with E-state index in [2.05, 4.69) is 19.2 Å². The maximum Gasteiger partial charge on any atom is 0.264 e. The number of thiophene rings is 1. The molecule has 3 amide bonds. The second-order valence-electron chi connectivity index (χ2n) is 9.31. The number of nitrogens with zero attached hydrogens (tertiary/aromatic N) is 3. The van der Waals surface area contributed by atoms with E-state index in [-0.39, 0.29) is 29.7 Å². The Morgan fingerprint density at radius 3 is 2.61 bits per heavy atom. The highest BCUT2D eigenvalue weighted by Crippen LogP contribution is 2.28. The lowest BCUT2D eigenvalue weighted by atomic mass is 10.0. The lowest BCUT2D eigenvalue weighted by molar-refractivity contribution is -0.138. The molecule has 2 unspecified atom stereocenters. The highest BCUT2D eigenvalue weighted by atomic mass is 32.1. The molecule has 3 heterocycles. The van der Waals surface area contributed by atoms with Gasteiger partial charge in [0.2, 0.25) is 11.8 Å². The van der Waals surface area contributed by atoms with Crippen LogP contribution in [0.4, 0.5) is 0 Å². The number of carbonyl (C=O) groups excluding carboxylic acids is 3. The number of hydrogen-bond acceptors (Lipinski definition) is 5. The van der Waals surface area contributed by atoms with Crippen molar-refractivity contribution in [3.05, 3.63) is 22.4 Å². The molecular formula is C23H36N4O3S. The van der Waals surface area contributed by atoms with Crippen LogP contribution in [0, 0.1) is 11.8 Å². The van der Waals surface area contributed by atoms with Crippen LogP contribution in [0.1, 0.15) is 50.2 Å². The molecule has 172 valence electrons. The van der Waals surface area contributed by atoms with Crippen LogP contribution in [0.15, 0.2) is 17.5 Å². The van der Waals surface area contributed by atoms with Crippen LogP contribution >= 0.6 is 11.3 Å². The van der Waals surface area contributed by atoms with Gasteiger partial charge in [0.25, 0.3) is 5.91 Å². The highest BCUT2D eigenvalue weighted by molar-refractivity contribution is 7.12. The summed E-state index contributed by atoms with van der Waals surface area (Å²) in [5.41, 5.74) is 0. The van der Waals surface area contributed by atoms with Gasteiger partial charge >= 0.3 is 0 Å². The summed E-state index contributed by atoms with van der Waals surface area (Å²) in [6.07, 6.45) is 1.41. The number of amides is 3. The Hall–Kier alpha value is -1.93. The number of hydrogen-bond donors (Lipinski definition) is 1. The van der Waals surface area contributed by atoms with E-state index in [9.17, 15) is 14.4 Å². The van der Waals surface area contributed by atoms with Gasteiger partial charge in [-0.3, -0.25) is 14.4 Å². The van der Waals surface area contributed by atoms with E-state index in [4.69, 9.17) is 0 Å². The zero-order valence-corrected chi connectivity index (χ0v) is 20.0. The van der Waals surface area contributed by atoms with Gasteiger partial charge in [-0.05, 0) is 36.8 Å². The van der Waals surface area contributed by atoms with Gasteiger partial charge in [0.15, 0.2) is 0 Å². The van der Waals surface area contributed by atoms with Crippen LogP contribution in [-0.4, -0.2) is 83.8 Å². The number of likely N-dealkylation sites (tertiary alicyclic amines) is 1. The van der Waals surface area contributed by atoms with Gasteiger partial charge < -0.3 is 20.0 Å². The first-order valence-electron chi connectivity index (χ1n) is 11.4. The Bertz CT molecular complexity index is 757. The van der Waals surface area contributed by atoms with Crippen LogP contribution in [0.5, 0.6) is 0 Å². The maximum atomic E-state index is 13.5. The minimum Gasteiger partial charge on any atom is -0.340 e. The van der Waals surface area contributed by atoms with Crippen molar-refractivity contribution in [2.75, 3.05) is 39.3 Å². The molecule has 2 fully saturated rings. The first-order chi connectivity index (χ1) is 14.8. The van der Waals surface area contributed by atoms with Crippen LogP contribution in [0.3, 0.4) is 0 Å². The Labute approximate surface area is 189 Å². The van der Waals surface area contributed by atoms with E-state index >= 15 is 0 Å². The summed E-state index contributed by atoms with van der Waals surface area (Å²) in [6.45, 7) is 12.1. The minimum atomic E-state index is -0.521. The van der Waals surface area contributed by atoms with Crippen LogP contribution in [-0.2, 0) is 9.59 Å². The first-order valence-corrected chi connectivity index (χ1v) is 12.3. The normalized spacial score (nSPS) is 22.1. The molecule has 0 spiro atoms. The van der Waals surface area contributed by atoms with Crippen molar-refractivity contribution in [3.8, 4) is 0 Å². The van der Waals surface area contributed by atoms with Crippen molar-refractivity contribution in [1.29, 1.82) is 0 Å². The number of nitrogens with one attached hydrogen (secondary N) is 1. The standard InChI is InChI=1S/C23H36N4O3S/c1-16(2)14-26(21(28)17(3)4)18-13-19(22(29)25-10-6-8-24-9-11-25)27(15-18)23(30)20-7-5-12-31-20/h5,7,12,16-19,24H,6,8-11,13-15H2,1-4H3. The lowest BCUT2D eigenvalue weighted by Crippen LogP contribution is -2.48. The van der Waals surface area contributed by atoms with E-state index in [1.165, 1.54) is 11.3 Å². The maximum absolute atomic E-state index is 13.5. The van der Waals surface area contributed by atoms with E-state index in [1.807, 2.05) is 41.2 Å². The molecule has 2 aliphatic heterocycles. The molecule has 7 nitrogen and oxygen atoms in total. The molecule has 0 radical (unpaired) electrons.